The molecule has 146 valence electrons. The summed E-state index contributed by atoms with van der Waals surface area (Å²) in [4.78, 5) is 24.1. The van der Waals surface area contributed by atoms with Crippen LogP contribution >= 0.6 is 23.1 Å². The van der Waals surface area contributed by atoms with E-state index >= 15 is 0 Å². The fourth-order valence-electron chi connectivity index (χ4n) is 3.56. The highest BCUT2D eigenvalue weighted by atomic mass is 32.2. The van der Waals surface area contributed by atoms with Gasteiger partial charge in [0.1, 0.15) is 21.9 Å². The Bertz CT molecular complexity index is 996. The molecule has 0 fully saturated rings. The Balaban J connectivity index is 1.50. The number of aryl methyl sites for hydroxylation is 1. The SMILES string of the molecule is CC1CCc2c(sc3ncnc(SCC(=O)c4ccc(OC(C)C)cc4)c23)C1. The van der Waals surface area contributed by atoms with Crippen LogP contribution in [0.15, 0.2) is 35.6 Å². The normalized spacial score (nSPS) is 16.4. The number of benzene rings is 1. The highest BCUT2D eigenvalue weighted by Gasteiger charge is 2.23. The number of Topliss-reactive ketones (excluding diaryl/α,β-unsaturated/α-hetero) is 1. The second-order valence-corrected chi connectivity index (χ2v) is 9.66. The first-order chi connectivity index (χ1) is 13.5. The van der Waals surface area contributed by atoms with E-state index in [4.69, 9.17) is 4.74 Å². The van der Waals surface area contributed by atoms with E-state index in [0.29, 0.717) is 11.3 Å². The molecular weight excluding hydrogens is 388 g/mol. The van der Waals surface area contributed by atoms with E-state index in [1.54, 1.807) is 17.7 Å². The number of thiophene rings is 1. The van der Waals surface area contributed by atoms with Crippen molar-refractivity contribution < 1.29 is 9.53 Å². The number of hydrogen-bond donors (Lipinski definition) is 0. The number of ether oxygens (including phenoxy) is 1. The molecular formula is C22H24N2O2S2. The quantitative estimate of drug-likeness (QED) is 0.301. The molecule has 1 aromatic carbocycles. The van der Waals surface area contributed by atoms with Crippen molar-refractivity contribution in [2.24, 2.45) is 5.92 Å². The van der Waals surface area contributed by atoms with E-state index < -0.39 is 0 Å². The number of rotatable bonds is 6. The zero-order chi connectivity index (χ0) is 19.7. The van der Waals surface area contributed by atoms with Gasteiger partial charge in [-0.05, 0) is 68.9 Å². The average molecular weight is 413 g/mol. The standard InChI is InChI=1S/C22H24N2O2S2/c1-13(2)26-16-7-5-15(6-8-16)18(25)11-27-21-20-17-9-4-14(3)10-19(17)28-22(20)24-12-23-21/h5-8,12-14H,4,9-11H2,1-3H3. The number of aromatic nitrogens is 2. The molecule has 1 aliphatic rings. The van der Waals surface area contributed by atoms with Crippen molar-refractivity contribution >= 4 is 39.1 Å². The zero-order valence-electron chi connectivity index (χ0n) is 16.4. The largest absolute Gasteiger partial charge is 0.491 e. The molecule has 0 spiro atoms. The maximum Gasteiger partial charge on any atom is 0.173 e. The van der Waals surface area contributed by atoms with Crippen molar-refractivity contribution in [3.05, 3.63) is 46.6 Å². The number of carbonyl (C=O) groups is 1. The molecule has 0 N–H and O–H groups in total. The van der Waals surface area contributed by atoms with Crippen molar-refractivity contribution in [1.29, 1.82) is 0 Å². The van der Waals surface area contributed by atoms with Crippen LogP contribution in [0.2, 0.25) is 0 Å². The Labute approximate surface area is 173 Å². The first-order valence-electron chi connectivity index (χ1n) is 9.69. The van der Waals surface area contributed by atoms with Crippen LogP contribution in [0, 0.1) is 5.92 Å². The highest BCUT2D eigenvalue weighted by Crippen LogP contribution is 2.40. The van der Waals surface area contributed by atoms with Crippen LogP contribution in [-0.2, 0) is 12.8 Å². The van der Waals surface area contributed by atoms with Gasteiger partial charge in [0, 0.05) is 15.8 Å². The van der Waals surface area contributed by atoms with E-state index in [-0.39, 0.29) is 11.9 Å². The minimum atomic E-state index is 0.102. The predicted molar refractivity (Wildman–Crippen MR) is 116 cm³/mol. The van der Waals surface area contributed by atoms with Crippen LogP contribution in [0.5, 0.6) is 5.75 Å². The first-order valence-corrected chi connectivity index (χ1v) is 11.5. The first kappa shape index (κ1) is 19.4. The lowest BCUT2D eigenvalue weighted by Crippen LogP contribution is -2.09. The topological polar surface area (TPSA) is 52.1 Å². The number of hydrogen-bond acceptors (Lipinski definition) is 6. The minimum absolute atomic E-state index is 0.102. The summed E-state index contributed by atoms with van der Waals surface area (Å²) in [6, 6.07) is 7.39. The molecule has 2 heterocycles. The van der Waals surface area contributed by atoms with E-state index in [0.717, 1.165) is 34.4 Å². The maximum atomic E-state index is 12.7. The third-order valence-corrected chi connectivity index (χ3v) is 7.10. The van der Waals surface area contributed by atoms with Gasteiger partial charge in [0.25, 0.3) is 0 Å². The summed E-state index contributed by atoms with van der Waals surface area (Å²) in [5.41, 5.74) is 2.11. The summed E-state index contributed by atoms with van der Waals surface area (Å²) < 4.78 is 5.65. The Morgan fingerprint density at radius 1 is 1.29 bits per heavy atom. The summed E-state index contributed by atoms with van der Waals surface area (Å²) in [7, 11) is 0. The molecule has 2 aromatic heterocycles. The highest BCUT2D eigenvalue weighted by molar-refractivity contribution is 8.00. The summed E-state index contributed by atoms with van der Waals surface area (Å²) in [5.74, 6) is 1.99. The maximum absolute atomic E-state index is 12.7. The average Bonchev–Trinajstić information content (AvgIpc) is 3.04. The summed E-state index contributed by atoms with van der Waals surface area (Å²) >= 11 is 3.31. The summed E-state index contributed by atoms with van der Waals surface area (Å²) in [5, 5.41) is 2.11. The Hall–Kier alpha value is -1.92. The van der Waals surface area contributed by atoms with Gasteiger partial charge in [-0.2, -0.15) is 0 Å². The molecule has 0 amide bonds. The van der Waals surface area contributed by atoms with Gasteiger partial charge >= 0.3 is 0 Å². The van der Waals surface area contributed by atoms with Crippen LogP contribution in [-0.4, -0.2) is 27.6 Å². The van der Waals surface area contributed by atoms with Crippen molar-refractivity contribution in [2.45, 2.75) is 51.2 Å². The van der Waals surface area contributed by atoms with Crippen molar-refractivity contribution in [3.8, 4) is 5.75 Å². The number of fused-ring (bicyclic) bond motifs is 3. The van der Waals surface area contributed by atoms with Gasteiger partial charge in [-0.3, -0.25) is 4.79 Å². The Kier molecular flexibility index (Phi) is 5.69. The lowest BCUT2D eigenvalue weighted by atomic mass is 9.89. The monoisotopic (exact) mass is 412 g/mol. The number of carbonyl (C=O) groups excluding carboxylic acids is 1. The van der Waals surface area contributed by atoms with Crippen LogP contribution in [0.1, 0.15) is 48.0 Å². The predicted octanol–water partition coefficient (Wildman–Crippen LogP) is 5.58. The number of ketones is 1. The zero-order valence-corrected chi connectivity index (χ0v) is 18.0. The second-order valence-electron chi connectivity index (χ2n) is 7.61. The molecule has 0 radical (unpaired) electrons. The van der Waals surface area contributed by atoms with Gasteiger partial charge in [0.15, 0.2) is 5.78 Å². The van der Waals surface area contributed by atoms with Crippen LogP contribution in [0.25, 0.3) is 10.2 Å². The van der Waals surface area contributed by atoms with Crippen LogP contribution < -0.4 is 4.74 Å². The fraction of sp³-hybridized carbons (Fsp3) is 0.409. The minimum Gasteiger partial charge on any atom is -0.491 e. The van der Waals surface area contributed by atoms with E-state index in [9.17, 15) is 4.79 Å². The lowest BCUT2D eigenvalue weighted by molar-refractivity contribution is 0.102. The van der Waals surface area contributed by atoms with Gasteiger partial charge in [-0.1, -0.05) is 18.7 Å². The molecule has 1 unspecified atom stereocenters. The number of thioether (sulfide) groups is 1. The molecule has 0 saturated heterocycles. The van der Waals surface area contributed by atoms with Gasteiger partial charge in [-0.25, -0.2) is 9.97 Å². The van der Waals surface area contributed by atoms with Crippen molar-refractivity contribution in [2.75, 3.05) is 5.75 Å². The molecule has 0 bridgehead atoms. The molecule has 4 nitrogen and oxygen atoms in total. The van der Waals surface area contributed by atoms with E-state index in [1.807, 2.05) is 38.1 Å². The third-order valence-electron chi connectivity index (χ3n) is 4.95. The molecule has 1 atom stereocenters. The molecule has 4 rings (SSSR count). The fourth-order valence-corrected chi connectivity index (χ4v) is 5.90. The Morgan fingerprint density at radius 3 is 2.82 bits per heavy atom. The molecule has 6 heteroatoms. The van der Waals surface area contributed by atoms with E-state index in [2.05, 4.69) is 16.9 Å². The smallest absolute Gasteiger partial charge is 0.173 e. The van der Waals surface area contributed by atoms with Gasteiger partial charge in [0.05, 0.1) is 11.9 Å². The van der Waals surface area contributed by atoms with E-state index in [1.165, 1.54) is 34.0 Å². The van der Waals surface area contributed by atoms with Crippen molar-refractivity contribution in [3.63, 3.8) is 0 Å². The molecule has 28 heavy (non-hydrogen) atoms. The third kappa shape index (κ3) is 4.08. The van der Waals surface area contributed by atoms with Crippen LogP contribution in [0.4, 0.5) is 0 Å². The van der Waals surface area contributed by atoms with Gasteiger partial charge in [-0.15, -0.1) is 11.3 Å². The summed E-state index contributed by atoms with van der Waals surface area (Å²) in [6.07, 6.45) is 5.17. The van der Waals surface area contributed by atoms with Gasteiger partial charge < -0.3 is 4.74 Å². The number of nitrogens with zero attached hydrogens (tertiary/aromatic N) is 2. The molecule has 0 aliphatic heterocycles. The lowest BCUT2D eigenvalue weighted by Gasteiger charge is -2.18. The Morgan fingerprint density at radius 2 is 2.07 bits per heavy atom. The molecule has 1 aliphatic carbocycles. The van der Waals surface area contributed by atoms with Crippen LogP contribution in [0.3, 0.4) is 0 Å². The molecule has 3 aromatic rings. The summed E-state index contributed by atoms with van der Waals surface area (Å²) in [6.45, 7) is 6.29. The van der Waals surface area contributed by atoms with Crippen molar-refractivity contribution in [1.82, 2.24) is 9.97 Å². The molecule has 0 saturated carbocycles. The van der Waals surface area contributed by atoms with Gasteiger partial charge in [0.2, 0.25) is 0 Å². The second kappa shape index (κ2) is 8.21.